The van der Waals surface area contributed by atoms with E-state index < -0.39 is 12.1 Å². The quantitative estimate of drug-likeness (QED) is 0.845. The van der Waals surface area contributed by atoms with Crippen LogP contribution in [-0.4, -0.2) is 29.3 Å². The van der Waals surface area contributed by atoms with Gasteiger partial charge in [-0.1, -0.05) is 36.4 Å². The van der Waals surface area contributed by atoms with E-state index in [2.05, 4.69) is 15.0 Å². The van der Waals surface area contributed by atoms with E-state index in [1.807, 2.05) is 6.07 Å². The number of hydrogen-bond donors (Lipinski definition) is 2. The molecule has 6 nitrogen and oxygen atoms in total. The molecule has 1 amide bonds. The monoisotopic (exact) mass is 298 g/mol. The van der Waals surface area contributed by atoms with Crippen molar-refractivity contribution in [1.29, 1.82) is 0 Å². The summed E-state index contributed by atoms with van der Waals surface area (Å²) in [6, 6.07) is 12.3. The number of ether oxygens (including phenoxy) is 1. The molecule has 1 aromatic carbocycles. The third kappa shape index (κ3) is 3.49. The summed E-state index contributed by atoms with van der Waals surface area (Å²) in [5.74, 6) is -1.27. The van der Waals surface area contributed by atoms with E-state index in [-0.39, 0.29) is 5.70 Å². The molecule has 22 heavy (non-hydrogen) atoms. The molecule has 1 heterocycles. The first-order valence-electron chi connectivity index (χ1n) is 6.42. The highest BCUT2D eigenvalue weighted by Gasteiger charge is 2.20. The van der Waals surface area contributed by atoms with Crippen LogP contribution >= 0.6 is 0 Å². The molecule has 0 aliphatic carbocycles. The average Bonchev–Trinajstić information content (AvgIpc) is 2.56. The van der Waals surface area contributed by atoms with E-state index >= 15 is 0 Å². The SMILES string of the molecule is COC(=O)N/C(C(=O)O)=C(/c1ccccc1)c1cccnc1. The fourth-order valence-electron chi connectivity index (χ4n) is 1.95. The maximum absolute atomic E-state index is 11.6. The maximum Gasteiger partial charge on any atom is 0.411 e. The third-order valence-corrected chi connectivity index (χ3v) is 2.89. The van der Waals surface area contributed by atoms with Crippen LogP contribution in [0.1, 0.15) is 11.1 Å². The van der Waals surface area contributed by atoms with Crippen molar-refractivity contribution < 1.29 is 19.4 Å². The van der Waals surface area contributed by atoms with Gasteiger partial charge in [0, 0.05) is 23.5 Å². The fraction of sp³-hybridized carbons (Fsp3) is 0.0625. The first kappa shape index (κ1) is 15.2. The van der Waals surface area contributed by atoms with Crippen LogP contribution in [0.2, 0.25) is 0 Å². The number of alkyl carbamates (subject to hydrolysis) is 1. The molecule has 0 aliphatic heterocycles. The lowest BCUT2D eigenvalue weighted by Gasteiger charge is -2.13. The predicted octanol–water partition coefficient (Wildman–Crippen LogP) is 2.28. The van der Waals surface area contributed by atoms with Gasteiger partial charge in [0.1, 0.15) is 5.70 Å². The highest BCUT2D eigenvalue weighted by molar-refractivity contribution is 6.02. The van der Waals surface area contributed by atoms with Crippen LogP contribution < -0.4 is 5.32 Å². The normalized spacial score (nSPS) is 11.3. The number of carbonyl (C=O) groups excluding carboxylic acids is 1. The molecule has 0 spiro atoms. The molecule has 0 bridgehead atoms. The van der Waals surface area contributed by atoms with Gasteiger partial charge in [-0.05, 0) is 11.6 Å². The highest BCUT2D eigenvalue weighted by Crippen LogP contribution is 2.25. The second-order valence-electron chi connectivity index (χ2n) is 4.28. The first-order valence-corrected chi connectivity index (χ1v) is 6.42. The van der Waals surface area contributed by atoms with Gasteiger partial charge in [0.05, 0.1) is 7.11 Å². The van der Waals surface area contributed by atoms with E-state index in [1.54, 1.807) is 42.6 Å². The molecule has 0 unspecified atom stereocenters. The summed E-state index contributed by atoms with van der Waals surface area (Å²) in [6.07, 6.45) is 2.26. The van der Waals surface area contributed by atoms with Crippen LogP contribution in [0, 0.1) is 0 Å². The Kier molecular flexibility index (Phi) is 4.87. The van der Waals surface area contributed by atoms with Crippen molar-refractivity contribution in [2.75, 3.05) is 7.11 Å². The summed E-state index contributed by atoms with van der Waals surface area (Å²) < 4.78 is 4.49. The van der Waals surface area contributed by atoms with Crippen molar-refractivity contribution in [1.82, 2.24) is 10.3 Å². The number of pyridine rings is 1. The number of rotatable bonds is 4. The Morgan fingerprint density at radius 3 is 2.32 bits per heavy atom. The van der Waals surface area contributed by atoms with Crippen molar-refractivity contribution in [2.24, 2.45) is 0 Å². The Bertz CT molecular complexity index is 655. The summed E-state index contributed by atoms with van der Waals surface area (Å²) >= 11 is 0. The van der Waals surface area contributed by atoms with Gasteiger partial charge in [-0.25, -0.2) is 9.59 Å². The van der Waals surface area contributed by atoms with E-state index in [1.165, 1.54) is 13.3 Å². The zero-order chi connectivity index (χ0) is 15.9. The topological polar surface area (TPSA) is 88.5 Å². The van der Waals surface area contributed by atoms with E-state index in [9.17, 15) is 14.7 Å². The Morgan fingerprint density at radius 1 is 1.09 bits per heavy atom. The number of hydrogen-bond acceptors (Lipinski definition) is 4. The van der Waals surface area contributed by atoms with E-state index in [0.717, 1.165) is 0 Å². The Morgan fingerprint density at radius 2 is 1.77 bits per heavy atom. The molecule has 2 aromatic rings. The van der Waals surface area contributed by atoms with E-state index in [4.69, 9.17) is 0 Å². The van der Waals surface area contributed by atoms with Gasteiger partial charge in [0.2, 0.25) is 0 Å². The number of carboxylic acids is 1. The minimum Gasteiger partial charge on any atom is -0.477 e. The summed E-state index contributed by atoms with van der Waals surface area (Å²) in [7, 11) is 1.17. The zero-order valence-electron chi connectivity index (χ0n) is 11.8. The lowest BCUT2D eigenvalue weighted by Crippen LogP contribution is -2.28. The van der Waals surface area contributed by atoms with E-state index in [0.29, 0.717) is 16.7 Å². The second kappa shape index (κ2) is 7.03. The molecule has 0 saturated heterocycles. The van der Waals surface area contributed by atoms with Gasteiger partial charge < -0.3 is 9.84 Å². The number of methoxy groups -OCH3 is 1. The molecule has 0 fully saturated rings. The lowest BCUT2D eigenvalue weighted by molar-refractivity contribution is -0.132. The number of benzene rings is 1. The summed E-state index contributed by atoms with van der Waals surface area (Å²) in [5.41, 5.74) is 1.30. The van der Waals surface area contributed by atoms with Gasteiger partial charge in [-0.2, -0.15) is 0 Å². The number of nitrogens with zero attached hydrogens (tertiary/aromatic N) is 1. The van der Waals surface area contributed by atoms with Crippen molar-refractivity contribution in [3.05, 3.63) is 71.7 Å². The molecular weight excluding hydrogens is 284 g/mol. The van der Waals surface area contributed by atoms with Crippen molar-refractivity contribution in [3.8, 4) is 0 Å². The first-order chi connectivity index (χ1) is 10.6. The molecule has 2 rings (SSSR count). The number of aliphatic carboxylic acids is 1. The molecule has 6 heteroatoms. The maximum atomic E-state index is 11.6. The number of aromatic nitrogens is 1. The molecule has 0 saturated carbocycles. The lowest BCUT2D eigenvalue weighted by atomic mass is 9.97. The molecule has 1 aromatic heterocycles. The van der Waals surface area contributed by atoms with Crippen LogP contribution in [0.15, 0.2) is 60.6 Å². The highest BCUT2D eigenvalue weighted by atomic mass is 16.5. The van der Waals surface area contributed by atoms with Crippen LogP contribution in [-0.2, 0) is 9.53 Å². The third-order valence-electron chi connectivity index (χ3n) is 2.89. The smallest absolute Gasteiger partial charge is 0.411 e. The Hall–Kier alpha value is -3.15. The number of nitrogens with one attached hydrogen (secondary N) is 1. The average molecular weight is 298 g/mol. The fourth-order valence-corrected chi connectivity index (χ4v) is 1.95. The Labute approximate surface area is 127 Å². The minimum atomic E-state index is -1.27. The van der Waals surface area contributed by atoms with Crippen molar-refractivity contribution >= 4 is 17.6 Å². The Balaban J connectivity index is 2.66. The van der Waals surface area contributed by atoms with Gasteiger partial charge in [-0.15, -0.1) is 0 Å². The van der Waals surface area contributed by atoms with Crippen LogP contribution in [0.5, 0.6) is 0 Å². The van der Waals surface area contributed by atoms with Gasteiger partial charge in [-0.3, -0.25) is 10.3 Å². The van der Waals surface area contributed by atoms with Crippen LogP contribution in [0.3, 0.4) is 0 Å². The van der Waals surface area contributed by atoms with Crippen molar-refractivity contribution in [2.45, 2.75) is 0 Å². The van der Waals surface area contributed by atoms with Crippen molar-refractivity contribution in [3.63, 3.8) is 0 Å². The molecule has 112 valence electrons. The number of carbonyl (C=O) groups is 2. The van der Waals surface area contributed by atoms with Gasteiger partial charge >= 0.3 is 12.1 Å². The largest absolute Gasteiger partial charge is 0.477 e. The van der Waals surface area contributed by atoms with Crippen LogP contribution in [0.25, 0.3) is 5.57 Å². The molecule has 2 N–H and O–H groups in total. The molecule has 0 radical (unpaired) electrons. The predicted molar refractivity (Wildman–Crippen MR) is 79.9 cm³/mol. The van der Waals surface area contributed by atoms with Gasteiger partial charge in [0.15, 0.2) is 0 Å². The molecule has 0 aliphatic rings. The van der Waals surface area contributed by atoms with Crippen LogP contribution in [0.4, 0.5) is 4.79 Å². The standard InChI is InChI=1S/C16H14N2O4/c1-22-16(21)18-14(15(19)20)13(11-6-3-2-4-7-11)12-8-5-9-17-10-12/h2-10H,1H3,(H,18,21)(H,19,20)/b14-13-. The second-order valence-corrected chi connectivity index (χ2v) is 4.28. The van der Waals surface area contributed by atoms with Gasteiger partial charge in [0.25, 0.3) is 0 Å². The summed E-state index contributed by atoms with van der Waals surface area (Å²) in [4.78, 5) is 27.0. The summed E-state index contributed by atoms with van der Waals surface area (Å²) in [6.45, 7) is 0. The molecule has 0 atom stereocenters. The minimum absolute atomic E-state index is 0.272. The number of carboxylic acid groups (broad SMARTS) is 1. The summed E-state index contributed by atoms with van der Waals surface area (Å²) in [5, 5.41) is 11.7. The zero-order valence-corrected chi connectivity index (χ0v) is 11.8. The number of amides is 1. The molecular formula is C16H14N2O4.